The number of aromatic amines is 1. The highest BCUT2D eigenvalue weighted by atomic mass is 32.2. The van der Waals surface area contributed by atoms with E-state index in [0.29, 0.717) is 31.5 Å². The lowest BCUT2D eigenvalue weighted by molar-refractivity contribution is -0.134. The van der Waals surface area contributed by atoms with E-state index >= 15 is 0 Å². The van der Waals surface area contributed by atoms with Crippen molar-refractivity contribution in [3.05, 3.63) is 60.3 Å². The van der Waals surface area contributed by atoms with Gasteiger partial charge in [-0.3, -0.25) is 9.36 Å². The molecule has 8 heteroatoms. The van der Waals surface area contributed by atoms with Crippen LogP contribution in [0.3, 0.4) is 0 Å². The molecule has 1 atom stereocenters. The summed E-state index contributed by atoms with van der Waals surface area (Å²) in [5.74, 6) is 0.854. The fourth-order valence-corrected chi connectivity index (χ4v) is 4.98. The van der Waals surface area contributed by atoms with E-state index in [9.17, 15) is 4.79 Å². The largest absolute Gasteiger partial charge is 0.378 e. The van der Waals surface area contributed by atoms with Crippen molar-refractivity contribution in [2.75, 3.05) is 26.3 Å². The molecule has 32 heavy (non-hydrogen) atoms. The number of thioether (sulfide) groups is 1. The first-order chi connectivity index (χ1) is 15.6. The maximum Gasteiger partial charge on any atom is 0.236 e. The van der Waals surface area contributed by atoms with Gasteiger partial charge < -0.3 is 14.6 Å². The van der Waals surface area contributed by atoms with Crippen molar-refractivity contribution in [3.8, 4) is 17.1 Å². The molecule has 1 amide bonds. The van der Waals surface area contributed by atoms with Crippen molar-refractivity contribution in [3.63, 3.8) is 0 Å². The first-order valence-corrected chi connectivity index (χ1v) is 11.6. The summed E-state index contributed by atoms with van der Waals surface area (Å²) in [6.45, 7) is 6.45. The number of aromatic nitrogens is 4. The number of fused-ring (bicyclic) bond motifs is 1. The number of rotatable bonds is 5. The molecular weight excluding hydrogens is 422 g/mol. The topological polar surface area (TPSA) is 76.0 Å². The average molecular weight is 448 g/mol. The van der Waals surface area contributed by atoms with E-state index in [0.717, 1.165) is 33.5 Å². The molecule has 1 saturated heterocycles. The van der Waals surface area contributed by atoms with Crippen LogP contribution < -0.4 is 0 Å². The second kappa shape index (κ2) is 8.80. The molecule has 0 bridgehead atoms. The number of benzene rings is 2. The molecule has 2 aromatic heterocycles. The Labute approximate surface area is 190 Å². The Morgan fingerprint density at radius 2 is 1.94 bits per heavy atom. The van der Waals surface area contributed by atoms with Crippen molar-refractivity contribution >= 4 is 28.6 Å². The molecule has 0 unspecified atom stereocenters. The molecule has 0 radical (unpaired) electrons. The maximum atomic E-state index is 13.0. The summed E-state index contributed by atoms with van der Waals surface area (Å²) >= 11 is 1.44. The molecule has 0 saturated carbocycles. The third-order valence-corrected chi connectivity index (χ3v) is 6.71. The molecule has 0 spiro atoms. The first-order valence-electron chi connectivity index (χ1n) is 10.7. The molecule has 1 fully saturated rings. The van der Waals surface area contributed by atoms with E-state index in [1.165, 1.54) is 11.8 Å². The Morgan fingerprint density at radius 1 is 1.12 bits per heavy atom. The van der Waals surface area contributed by atoms with Crippen molar-refractivity contribution in [2.45, 2.75) is 24.3 Å². The fraction of sp³-hybridized carbons (Fsp3) is 0.292. The van der Waals surface area contributed by atoms with Crippen LogP contribution in [0, 0.1) is 6.92 Å². The Morgan fingerprint density at radius 3 is 2.75 bits per heavy atom. The van der Waals surface area contributed by atoms with Gasteiger partial charge >= 0.3 is 0 Å². The van der Waals surface area contributed by atoms with Crippen LogP contribution in [-0.2, 0) is 9.53 Å². The Balaban J connectivity index is 1.55. The number of amides is 1. The standard InChI is InChI=1S/C24H25N5O2S/c1-16-6-5-7-18(14-16)29-22(20-15-25-21-9-4-3-8-19(20)21)26-27-24(29)32-17(2)23(30)28-10-12-31-13-11-28/h3-9,14-15,17,25H,10-13H2,1-2H3/t17-/m1/s1. The fourth-order valence-electron chi connectivity index (χ4n) is 4.03. The first kappa shape index (κ1) is 20.8. The molecule has 1 aliphatic rings. The Bertz CT molecular complexity index is 1260. The Kier molecular flexibility index (Phi) is 5.71. The van der Waals surface area contributed by atoms with E-state index < -0.39 is 0 Å². The van der Waals surface area contributed by atoms with Gasteiger partial charge in [-0.05, 0) is 37.6 Å². The van der Waals surface area contributed by atoms with Gasteiger partial charge in [-0.15, -0.1) is 10.2 Å². The van der Waals surface area contributed by atoms with Gasteiger partial charge in [0.15, 0.2) is 11.0 Å². The number of carbonyl (C=O) groups excluding carboxylic acids is 1. The van der Waals surface area contributed by atoms with Crippen molar-refractivity contribution < 1.29 is 9.53 Å². The maximum absolute atomic E-state index is 13.0. The number of para-hydroxylation sites is 1. The number of nitrogens with zero attached hydrogens (tertiary/aromatic N) is 4. The van der Waals surface area contributed by atoms with Crippen LogP contribution in [0.5, 0.6) is 0 Å². The van der Waals surface area contributed by atoms with E-state index in [2.05, 4.69) is 44.9 Å². The highest BCUT2D eigenvalue weighted by Gasteiger charge is 2.27. The van der Waals surface area contributed by atoms with Crippen LogP contribution in [0.1, 0.15) is 12.5 Å². The summed E-state index contributed by atoms with van der Waals surface area (Å²) in [6, 6.07) is 16.4. The molecule has 5 rings (SSSR count). The normalized spacial score (nSPS) is 15.2. The second-order valence-corrected chi connectivity index (χ2v) is 9.23. The van der Waals surface area contributed by atoms with Crippen LogP contribution in [0.15, 0.2) is 59.9 Å². The second-order valence-electron chi connectivity index (χ2n) is 7.93. The molecule has 3 heterocycles. The van der Waals surface area contributed by atoms with Gasteiger partial charge in [0.2, 0.25) is 5.91 Å². The zero-order valence-corrected chi connectivity index (χ0v) is 18.9. The average Bonchev–Trinajstić information content (AvgIpc) is 3.43. The summed E-state index contributed by atoms with van der Waals surface area (Å²) in [6.07, 6.45) is 1.97. The van der Waals surface area contributed by atoms with Gasteiger partial charge in [-0.1, -0.05) is 42.1 Å². The number of nitrogens with one attached hydrogen (secondary N) is 1. The monoisotopic (exact) mass is 447 g/mol. The number of aryl methyl sites for hydroxylation is 1. The van der Waals surface area contributed by atoms with E-state index in [4.69, 9.17) is 4.74 Å². The summed E-state index contributed by atoms with van der Waals surface area (Å²) in [5, 5.41) is 10.6. The zero-order chi connectivity index (χ0) is 22.1. The minimum Gasteiger partial charge on any atom is -0.378 e. The van der Waals surface area contributed by atoms with Gasteiger partial charge in [0.1, 0.15) is 0 Å². The van der Waals surface area contributed by atoms with Gasteiger partial charge in [0, 0.05) is 41.4 Å². The van der Waals surface area contributed by atoms with E-state index in [1.807, 2.05) is 48.4 Å². The number of H-pyrrole nitrogens is 1. The SMILES string of the molecule is Cc1cccc(-n2c(S[C@H](C)C(=O)N3CCOCC3)nnc2-c2c[nH]c3ccccc23)c1. The summed E-state index contributed by atoms with van der Waals surface area (Å²) in [5.41, 5.74) is 4.15. The predicted octanol–water partition coefficient (Wildman–Crippen LogP) is 4.06. The smallest absolute Gasteiger partial charge is 0.236 e. The summed E-state index contributed by atoms with van der Waals surface area (Å²) in [7, 11) is 0. The molecule has 164 valence electrons. The van der Waals surface area contributed by atoms with E-state index in [1.54, 1.807) is 0 Å². The van der Waals surface area contributed by atoms with Gasteiger partial charge in [0.25, 0.3) is 0 Å². The molecule has 0 aliphatic carbocycles. The predicted molar refractivity (Wildman–Crippen MR) is 126 cm³/mol. The number of hydrogen-bond donors (Lipinski definition) is 1. The molecule has 1 N–H and O–H groups in total. The molecule has 2 aromatic carbocycles. The van der Waals surface area contributed by atoms with Gasteiger partial charge in [-0.25, -0.2) is 0 Å². The van der Waals surface area contributed by atoms with Crippen LogP contribution >= 0.6 is 11.8 Å². The summed E-state index contributed by atoms with van der Waals surface area (Å²) in [4.78, 5) is 18.2. The highest BCUT2D eigenvalue weighted by molar-refractivity contribution is 8.00. The number of morpholine rings is 1. The number of hydrogen-bond acceptors (Lipinski definition) is 5. The van der Waals surface area contributed by atoms with E-state index in [-0.39, 0.29) is 11.2 Å². The lowest BCUT2D eigenvalue weighted by atomic mass is 10.1. The third-order valence-electron chi connectivity index (χ3n) is 5.68. The number of ether oxygens (including phenoxy) is 1. The minimum atomic E-state index is -0.281. The molecule has 1 aliphatic heterocycles. The van der Waals surface area contributed by atoms with Crippen molar-refractivity contribution in [2.24, 2.45) is 0 Å². The van der Waals surface area contributed by atoms with Crippen molar-refractivity contribution in [1.82, 2.24) is 24.6 Å². The van der Waals surface area contributed by atoms with Gasteiger partial charge in [0.05, 0.1) is 18.5 Å². The molecular formula is C24H25N5O2S. The van der Waals surface area contributed by atoms with Crippen LogP contribution in [0.2, 0.25) is 0 Å². The summed E-state index contributed by atoms with van der Waals surface area (Å²) < 4.78 is 7.44. The molecule has 7 nitrogen and oxygen atoms in total. The van der Waals surface area contributed by atoms with Crippen LogP contribution in [0.25, 0.3) is 28.0 Å². The minimum absolute atomic E-state index is 0.103. The van der Waals surface area contributed by atoms with Gasteiger partial charge in [-0.2, -0.15) is 0 Å². The quantitative estimate of drug-likeness (QED) is 0.467. The van der Waals surface area contributed by atoms with Crippen LogP contribution in [0.4, 0.5) is 0 Å². The Hall–Kier alpha value is -3.10. The third kappa shape index (κ3) is 3.91. The number of carbonyl (C=O) groups is 1. The molecule has 4 aromatic rings. The lowest BCUT2D eigenvalue weighted by Crippen LogP contribution is -2.44. The van der Waals surface area contributed by atoms with Crippen LogP contribution in [-0.4, -0.2) is 62.1 Å². The highest BCUT2D eigenvalue weighted by Crippen LogP contribution is 2.34. The zero-order valence-electron chi connectivity index (χ0n) is 18.1. The van der Waals surface area contributed by atoms with Crippen molar-refractivity contribution in [1.29, 1.82) is 0 Å². The lowest BCUT2D eigenvalue weighted by Gasteiger charge is -2.28.